The number of nitrogens with one attached hydrogen (secondary N) is 1. The Morgan fingerprint density at radius 1 is 1.50 bits per heavy atom. The zero-order valence-electron chi connectivity index (χ0n) is 12.9. The van der Waals surface area contributed by atoms with Crippen molar-refractivity contribution in [3.05, 3.63) is 35.4 Å². The van der Waals surface area contributed by atoms with E-state index in [1.807, 2.05) is 6.92 Å². The van der Waals surface area contributed by atoms with Crippen LogP contribution in [0, 0.1) is 6.92 Å². The third kappa shape index (κ3) is 4.05. The Morgan fingerprint density at radius 2 is 2.30 bits per heavy atom. The van der Waals surface area contributed by atoms with Crippen LogP contribution >= 0.6 is 0 Å². The lowest BCUT2D eigenvalue weighted by Gasteiger charge is -2.28. The van der Waals surface area contributed by atoms with Gasteiger partial charge in [-0.1, -0.05) is 29.8 Å². The number of rotatable bonds is 6. The van der Waals surface area contributed by atoms with Crippen LogP contribution in [0.15, 0.2) is 24.3 Å². The highest BCUT2D eigenvalue weighted by atomic mass is 16.5. The minimum Gasteiger partial charge on any atom is -0.386 e. The van der Waals surface area contributed by atoms with Crippen LogP contribution in [0.1, 0.15) is 37.8 Å². The van der Waals surface area contributed by atoms with Crippen LogP contribution in [0.3, 0.4) is 0 Å². The summed E-state index contributed by atoms with van der Waals surface area (Å²) in [5.41, 5.74) is 2.00. The Labute approximate surface area is 122 Å². The molecule has 0 saturated carbocycles. The molecule has 0 radical (unpaired) electrons. The highest BCUT2D eigenvalue weighted by Crippen LogP contribution is 2.25. The van der Waals surface area contributed by atoms with Crippen LogP contribution in [0.25, 0.3) is 0 Å². The fourth-order valence-electron chi connectivity index (χ4n) is 2.71. The predicted molar refractivity (Wildman–Crippen MR) is 81.9 cm³/mol. The van der Waals surface area contributed by atoms with Gasteiger partial charge in [0.05, 0.1) is 6.10 Å². The molecule has 1 aromatic carbocycles. The summed E-state index contributed by atoms with van der Waals surface area (Å²) >= 11 is 0. The van der Waals surface area contributed by atoms with Crippen molar-refractivity contribution in [1.82, 2.24) is 5.32 Å². The highest BCUT2D eigenvalue weighted by molar-refractivity contribution is 5.22. The van der Waals surface area contributed by atoms with Crippen LogP contribution in [0.4, 0.5) is 0 Å². The van der Waals surface area contributed by atoms with Gasteiger partial charge in [0.1, 0.15) is 5.60 Å². The quantitative estimate of drug-likeness (QED) is 0.839. The lowest BCUT2D eigenvalue weighted by molar-refractivity contribution is -0.0274. The fourth-order valence-corrected chi connectivity index (χ4v) is 2.71. The highest BCUT2D eigenvalue weighted by Gasteiger charge is 2.39. The molecule has 0 spiro atoms. The number of benzene rings is 1. The van der Waals surface area contributed by atoms with E-state index in [2.05, 4.69) is 43.4 Å². The van der Waals surface area contributed by atoms with E-state index in [0.29, 0.717) is 19.2 Å². The predicted octanol–water partition coefficient (Wildman–Crippen LogP) is 2.45. The van der Waals surface area contributed by atoms with Crippen molar-refractivity contribution in [2.24, 2.45) is 0 Å². The lowest BCUT2D eigenvalue weighted by Crippen LogP contribution is -2.48. The average molecular weight is 277 g/mol. The molecule has 1 heterocycles. The number of hydrogen-bond donors (Lipinski definition) is 2. The van der Waals surface area contributed by atoms with Crippen LogP contribution in [0.2, 0.25) is 0 Å². The van der Waals surface area contributed by atoms with Gasteiger partial charge in [-0.05, 0) is 39.2 Å². The van der Waals surface area contributed by atoms with E-state index in [1.54, 1.807) is 0 Å². The van der Waals surface area contributed by atoms with Gasteiger partial charge >= 0.3 is 0 Å². The van der Waals surface area contributed by atoms with Gasteiger partial charge in [0.15, 0.2) is 0 Å². The number of ether oxygens (including phenoxy) is 1. The first-order valence-electron chi connectivity index (χ1n) is 7.62. The standard InChI is InChI=1S/C17H27NO2/c1-13-5-4-6-16(11-13)8-7-14(2)18-12-17(19)9-10-20-15(17)3/h4-6,11,14-15,18-19H,7-10,12H2,1-3H3. The molecule has 112 valence electrons. The summed E-state index contributed by atoms with van der Waals surface area (Å²) < 4.78 is 5.45. The minimum atomic E-state index is -0.697. The zero-order chi connectivity index (χ0) is 14.6. The Kier molecular flexibility index (Phi) is 5.19. The van der Waals surface area contributed by atoms with Crippen LogP contribution < -0.4 is 5.32 Å². The summed E-state index contributed by atoms with van der Waals surface area (Å²) in [5, 5.41) is 13.9. The van der Waals surface area contributed by atoms with Crippen molar-refractivity contribution < 1.29 is 9.84 Å². The summed E-state index contributed by atoms with van der Waals surface area (Å²) in [6.45, 7) is 7.54. The Hall–Kier alpha value is -0.900. The monoisotopic (exact) mass is 277 g/mol. The van der Waals surface area contributed by atoms with Gasteiger partial charge in [0.25, 0.3) is 0 Å². The molecule has 3 heteroatoms. The average Bonchev–Trinajstić information content (AvgIpc) is 2.75. The molecule has 0 amide bonds. The maximum Gasteiger partial charge on any atom is 0.105 e. The summed E-state index contributed by atoms with van der Waals surface area (Å²) in [6.07, 6.45) is 2.81. The summed E-state index contributed by atoms with van der Waals surface area (Å²) in [4.78, 5) is 0. The second-order valence-corrected chi connectivity index (χ2v) is 6.18. The molecule has 1 saturated heterocycles. The van der Waals surface area contributed by atoms with Crippen LogP contribution in [-0.2, 0) is 11.2 Å². The number of aryl methyl sites for hydroxylation is 2. The van der Waals surface area contributed by atoms with E-state index in [9.17, 15) is 5.11 Å². The molecule has 3 unspecified atom stereocenters. The molecule has 2 N–H and O–H groups in total. The van der Waals surface area contributed by atoms with Crippen molar-refractivity contribution in [2.75, 3.05) is 13.2 Å². The van der Waals surface area contributed by atoms with Gasteiger partial charge in [-0.25, -0.2) is 0 Å². The summed E-state index contributed by atoms with van der Waals surface area (Å²) in [5.74, 6) is 0. The van der Waals surface area contributed by atoms with Gasteiger partial charge in [0, 0.05) is 25.6 Å². The molecule has 3 nitrogen and oxygen atoms in total. The largest absolute Gasteiger partial charge is 0.386 e. The van der Waals surface area contributed by atoms with Gasteiger partial charge in [-0.15, -0.1) is 0 Å². The van der Waals surface area contributed by atoms with Gasteiger partial charge in [-0.2, -0.15) is 0 Å². The van der Waals surface area contributed by atoms with E-state index in [4.69, 9.17) is 4.74 Å². The molecule has 2 rings (SSSR count). The molecule has 1 aromatic rings. The first-order valence-corrected chi connectivity index (χ1v) is 7.62. The summed E-state index contributed by atoms with van der Waals surface area (Å²) in [7, 11) is 0. The number of hydrogen-bond acceptors (Lipinski definition) is 3. The number of aliphatic hydroxyl groups is 1. The molecule has 0 aliphatic carbocycles. The normalized spacial score (nSPS) is 27.7. The molecule has 0 bridgehead atoms. The van der Waals surface area contributed by atoms with Crippen LogP contribution in [0.5, 0.6) is 0 Å². The maximum absolute atomic E-state index is 10.4. The van der Waals surface area contributed by atoms with Crippen molar-refractivity contribution in [3.63, 3.8) is 0 Å². The minimum absolute atomic E-state index is 0.0704. The van der Waals surface area contributed by atoms with Crippen molar-refractivity contribution in [1.29, 1.82) is 0 Å². The molecule has 0 aromatic heterocycles. The van der Waals surface area contributed by atoms with E-state index < -0.39 is 5.60 Å². The molecule has 20 heavy (non-hydrogen) atoms. The third-order valence-electron chi connectivity index (χ3n) is 4.36. The van der Waals surface area contributed by atoms with Crippen LogP contribution in [-0.4, -0.2) is 36.0 Å². The van der Waals surface area contributed by atoms with E-state index in [1.165, 1.54) is 11.1 Å². The van der Waals surface area contributed by atoms with E-state index in [0.717, 1.165) is 19.3 Å². The second-order valence-electron chi connectivity index (χ2n) is 6.18. The lowest BCUT2D eigenvalue weighted by atomic mass is 9.96. The summed E-state index contributed by atoms with van der Waals surface area (Å²) in [6, 6.07) is 9.06. The van der Waals surface area contributed by atoms with Gasteiger partial charge < -0.3 is 15.2 Å². The van der Waals surface area contributed by atoms with Crippen molar-refractivity contribution >= 4 is 0 Å². The molecule has 1 aliphatic heterocycles. The molecule has 1 fully saturated rings. The first-order chi connectivity index (χ1) is 9.49. The third-order valence-corrected chi connectivity index (χ3v) is 4.36. The van der Waals surface area contributed by atoms with Crippen molar-refractivity contribution in [2.45, 2.75) is 57.8 Å². The second kappa shape index (κ2) is 6.70. The Morgan fingerprint density at radius 3 is 2.95 bits per heavy atom. The Balaban J connectivity index is 1.74. The Bertz CT molecular complexity index is 435. The SMILES string of the molecule is Cc1cccc(CCC(C)NCC2(O)CCOC2C)c1. The fraction of sp³-hybridized carbons (Fsp3) is 0.647. The zero-order valence-corrected chi connectivity index (χ0v) is 12.9. The smallest absolute Gasteiger partial charge is 0.105 e. The molecule has 1 aliphatic rings. The van der Waals surface area contributed by atoms with Gasteiger partial charge in [0.2, 0.25) is 0 Å². The first kappa shape index (κ1) is 15.5. The molecular weight excluding hydrogens is 250 g/mol. The maximum atomic E-state index is 10.4. The van der Waals surface area contributed by atoms with E-state index >= 15 is 0 Å². The van der Waals surface area contributed by atoms with Gasteiger partial charge in [-0.3, -0.25) is 0 Å². The van der Waals surface area contributed by atoms with Crippen molar-refractivity contribution in [3.8, 4) is 0 Å². The topological polar surface area (TPSA) is 41.5 Å². The van der Waals surface area contributed by atoms with E-state index in [-0.39, 0.29) is 6.10 Å². The molecule has 3 atom stereocenters. The molecular formula is C17H27NO2.